The number of aryl methyl sites for hydroxylation is 1. The molecule has 0 radical (unpaired) electrons. The van der Waals surface area contributed by atoms with Crippen LogP contribution in [0.15, 0.2) is 48.5 Å². The number of benzene rings is 2. The van der Waals surface area contributed by atoms with E-state index in [9.17, 15) is 13.6 Å². The van der Waals surface area contributed by atoms with Crippen molar-refractivity contribution in [2.24, 2.45) is 5.73 Å². The predicted octanol–water partition coefficient (Wildman–Crippen LogP) is 3.51. The van der Waals surface area contributed by atoms with Crippen molar-refractivity contribution in [1.29, 1.82) is 0 Å². The van der Waals surface area contributed by atoms with Crippen LogP contribution >= 0.6 is 0 Å². The number of nitrogens with two attached hydrogens (primary N) is 1. The summed E-state index contributed by atoms with van der Waals surface area (Å²) in [7, 11) is 0. The van der Waals surface area contributed by atoms with Crippen molar-refractivity contribution in [2.75, 3.05) is 0 Å². The van der Waals surface area contributed by atoms with Gasteiger partial charge in [-0.3, -0.25) is 4.79 Å². The topological polar surface area (TPSA) is 63.3 Å². The zero-order chi connectivity index (χ0) is 17.0. The number of aliphatic carboxylic acids is 1. The van der Waals surface area contributed by atoms with Gasteiger partial charge in [0.25, 0.3) is 0 Å². The van der Waals surface area contributed by atoms with Crippen molar-refractivity contribution in [1.82, 2.24) is 0 Å². The molecule has 0 saturated heterocycles. The molecule has 120 valence electrons. The molecule has 3 N–H and O–H groups in total. The second-order valence-electron chi connectivity index (χ2n) is 5.29. The standard InChI is InChI=1S/C18H17F2NO2/c1-11-2-4-12(5-3-11)14(8-9-17(21)18(22)23)15-7-6-13(19)10-16(15)20/h2-8,10,17H,9,21H2,1H3,(H,22,23)/b14-8+. The van der Waals surface area contributed by atoms with Crippen molar-refractivity contribution in [3.63, 3.8) is 0 Å². The predicted molar refractivity (Wildman–Crippen MR) is 84.8 cm³/mol. The van der Waals surface area contributed by atoms with Gasteiger partial charge in [0, 0.05) is 11.6 Å². The summed E-state index contributed by atoms with van der Waals surface area (Å²) in [4.78, 5) is 10.9. The average molecular weight is 317 g/mol. The fraction of sp³-hybridized carbons (Fsp3) is 0.167. The number of hydrogen-bond donors (Lipinski definition) is 2. The molecule has 5 heteroatoms. The van der Waals surface area contributed by atoms with Crippen LogP contribution in [0.5, 0.6) is 0 Å². The van der Waals surface area contributed by atoms with Gasteiger partial charge in [-0.1, -0.05) is 35.9 Å². The fourth-order valence-electron chi connectivity index (χ4n) is 2.17. The van der Waals surface area contributed by atoms with Crippen LogP contribution in [-0.2, 0) is 4.79 Å². The van der Waals surface area contributed by atoms with E-state index in [-0.39, 0.29) is 12.0 Å². The van der Waals surface area contributed by atoms with Crippen LogP contribution in [0.3, 0.4) is 0 Å². The molecule has 2 aromatic rings. The third-order valence-corrected chi connectivity index (χ3v) is 3.48. The van der Waals surface area contributed by atoms with E-state index >= 15 is 0 Å². The van der Waals surface area contributed by atoms with E-state index in [0.29, 0.717) is 11.1 Å². The lowest BCUT2D eigenvalue weighted by atomic mass is 9.95. The molecule has 0 aliphatic carbocycles. The van der Waals surface area contributed by atoms with E-state index < -0.39 is 23.6 Å². The van der Waals surface area contributed by atoms with Gasteiger partial charge in [-0.05, 0) is 36.6 Å². The van der Waals surface area contributed by atoms with Gasteiger partial charge in [0.2, 0.25) is 0 Å². The van der Waals surface area contributed by atoms with Gasteiger partial charge in [-0.15, -0.1) is 0 Å². The minimum Gasteiger partial charge on any atom is -0.480 e. The number of carboxylic acids is 1. The number of hydrogen-bond acceptors (Lipinski definition) is 2. The zero-order valence-electron chi connectivity index (χ0n) is 12.6. The monoisotopic (exact) mass is 317 g/mol. The average Bonchev–Trinajstić information content (AvgIpc) is 2.50. The maximum Gasteiger partial charge on any atom is 0.320 e. The number of carbonyl (C=O) groups is 1. The Balaban J connectivity index is 2.48. The van der Waals surface area contributed by atoms with Gasteiger partial charge >= 0.3 is 5.97 Å². The number of rotatable bonds is 5. The molecule has 0 aliphatic rings. The first-order chi connectivity index (χ1) is 10.9. The first-order valence-corrected chi connectivity index (χ1v) is 7.09. The summed E-state index contributed by atoms with van der Waals surface area (Å²) in [5, 5.41) is 8.89. The molecule has 2 aromatic carbocycles. The highest BCUT2D eigenvalue weighted by Gasteiger charge is 2.14. The van der Waals surface area contributed by atoms with Crippen LogP contribution in [-0.4, -0.2) is 17.1 Å². The van der Waals surface area contributed by atoms with E-state index in [1.807, 2.05) is 19.1 Å². The minimum absolute atomic E-state index is 0.0371. The zero-order valence-corrected chi connectivity index (χ0v) is 12.6. The molecular formula is C18H17F2NO2. The van der Waals surface area contributed by atoms with Gasteiger partial charge in [0.15, 0.2) is 0 Å². The summed E-state index contributed by atoms with van der Waals surface area (Å²) in [6, 6.07) is 9.55. The number of carboxylic acid groups (broad SMARTS) is 1. The lowest BCUT2D eigenvalue weighted by Gasteiger charge is -2.12. The van der Waals surface area contributed by atoms with Gasteiger partial charge in [0.05, 0.1) is 0 Å². The highest BCUT2D eigenvalue weighted by Crippen LogP contribution is 2.27. The van der Waals surface area contributed by atoms with Crippen LogP contribution in [0.2, 0.25) is 0 Å². The molecule has 1 unspecified atom stereocenters. The fourth-order valence-corrected chi connectivity index (χ4v) is 2.17. The van der Waals surface area contributed by atoms with Gasteiger partial charge in [-0.2, -0.15) is 0 Å². The van der Waals surface area contributed by atoms with Gasteiger partial charge < -0.3 is 10.8 Å². The molecule has 0 aromatic heterocycles. The Morgan fingerprint density at radius 2 is 1.87 bits per heavy atom. The summed E-state index contributed by atoms with van der Waals surface area (Å²) in [5.74, 6) is -2.51. The van der Waals surface area contributed by atoms with Crippen LogP contribution in [0.4, 0.5) is 8.78 Å². The smallest absolute Gasteiger partial charge is 0.320 e. The summed E-state index contributed by atoms with van der Waals surface area (Å²) < 4.78 is 27.2. The Labute approximate surface area is 133 Å². The van der Waals surface area contributed by atoms with Crippen LogP contribution in [0.25, 0.3) is 5.57 Å². The molecule has 2 rings (SSSR count). The normalized spacial score (nSPS) is 13.0. The lowest BCUT2D eigenvalue weighted by Crippen LogP contribution is -2.29. The van der Waals surface area contributed by atoms with Crippen molar-refractivity contribution in [3.8, 4) is 0 Å². The molecule has 0 bridgehead atoms. The second-order valence-corrected chi connectivity index (χ2v) is 5.29. The highest BCUT2D eigenvalue weighted by atomic mass is 19.1. The molecule has 0 amide bonds. The molecule has 3 nitrogen and oxygen atoms in total. The molecule has 0 aliphatic heterocycles. The van der Waals surface area contributed by atoms with Crippen LogP contribution < -0.4 is 5.73 Å². The quantitative estimate of drug-likeness (QED) is 0.887. The maximum atomic E-state index is 14.1. The third kappa shape index (κ3) is 4.23. The lowest BCUT2D eigenvalue weighted by molar-refractivity contribution is -0.138. The first kappa shape index (κ1) is 16.8. The summed E-state index contributed by atoms with van der Waals surface area (Å²) >= 11 is 0. The molecule has 23 heavy (non-hydrogen) atoms. The second kappa shape index (κ2) is 7.15. The molecule has 1 atom stereocenters. The Morgan fingerprint density at radius 1 is 1.22 bits per heavy atom. The van der Waals surface area contributed by atoms with E-state index in [4.69, 9.17) is 10.8 Å². The number of halogens is 2. The Bertz CT molecular complexity index is 739. The Kier molecular flexibility index (Phi) is 5.24. The highest BCUT2D eigenvalue weighted by molar-refractivity contribution is 5.81. The van der Waals surface area contributed by atoms with Crippen molar-refractivity contribution in [3.05, 3.63) is 76.9 Å². The Morgan fingerprint density at radius 3 is 2.43 bits per heavy atom. The van der Waals surface area contributed by atoms with Gasteiger partial charge in [0.1, 0.15) is 17.7 Å². The maximum absolute atomic E-state index is 14.1. The molecule has 0 heterocycles. The summed E-state index contributed by atoms with van der Waals surface area (Å²) in [5.41, 5.74) is 7.94. The molecular weight excluding hydrogens is 300 g/mol. The molecule has 0 fully saturated rings. The third-order valence-electron chi connectivity index (χ3n) is 3.48. The van der Waals surface area contributed by atoms with Crippen LogP contribution in [0.1, 0.15) is 23.1 Å². The molecule has 0 saturated carbocycles. The van der Waals surface area contributed by atoms with Crippen molar-refractivity contribution < 1.29 is 18.7 Å². The minimum atomic E-state index is -1.14. The van der Waals surface area contributed by atoms with E-state index in [1.54, 1.807) is 18.2 Å². The SMILES string of the molecule is Cc1ccc(/C(=C\CC(N)C(=O)O)c2ccc(F)cc2F)cc1. The van der Waals surface area contributed by atoms with E-state index in [1.165, 1.54) is 6.07 Å². The Hall–Kier alpha value is -2.53. The summed E-state index contributed by atoms with van der Waals surface area (Å²) in [6.45, 7) is 1.92. The summed E-state index contributed by atoms with van der Waals surface area (Å²) in [6.07, 6.45) is 1.61. The first-order valence-electron chi connectivity index (χ1n) is 7.09. The van der Waals surface area contributed by atoms with E-state index in [2.05, 4.69) is 0 Å². The largest absolute Gasteiger partial charge is 0.480 e. The van der Waals surface area contributed by atoms with Crippen molar-refractivity contribution in [2.45, 2.75) is 19.4 Å². The van der Waals surface area contributed by atoms with E-state index in [0.717, 1.165) is 17.7 Å². The van der Waals surface area contributed by atoms with Gasteiger partial charge in [-0.25, -0.2) is 8.78 Å². The molecule has 0 spiro atoms. The van der Waals surface area contributed by atoms with Crippen LogP contribution in [0, 0.1) is 18.6 Å². The van der Waals surface area contributed by atoms with Crippen molar-refractivity contribution >= 4 is 11.5 Å².